The van der Waals surface area contributed by atoms with Gasteiger partial charge in [-0.05, 0) is 18.2 Å². The Bertz CT molecular complexity index is 861. The molecule has 3 N–H and O–H groups in total. The molecule has 25 heavy (non-hydrogen) atoms. The van der Waals surface area contributed by atoms with Gasteiger partial charge in [-0.3, -0.25) is 0 Å². The number of hydrogen-bond donors (Lipinski definition) is 3. The Kier molecular flexibility index (Phi) is 5.57. The van der Waals surface area contributed by atoms with Crippen molar-refractivity contribution in [2.24, 2.45) is 0 Å². The molecule has 0 unspecified atom stereocenters. The number of hydrogen-bond acceptors (Lipinski definition) is 5. The zero-order chi connectivity index (χ0) is 17.6. The lowest BCUT2D eigenvalue weighted by Gasteiger charge is -2.12. The highest BCUT2D eigenvalue weighted by atomic mass is 79.9. The number of rotatable bonds is 6. The van der Waals surface area contributed by atoms with E-state index in [4.69, 9.17) is 5.11 Å². The van der Waals surface area contributed by atoms with Gasteiger partial charge in [-0.2, -0.15) is 4.98 Å². The van der Waals surface area contributed by atoms with Crippen molar-refractivity contribution in [2.45, 2.75) is 0 Å². The molecule has 1 aromatic heterocycles. The summed E-state index contributed by atoms with van der Waals surface area (Å²) in [6.07, 6.45) is 0. The highest BCUT2D eigenvalue weighted by Crippen LogP contribution is 2.26. The van der Waals surface area contributed by atoms with Crippen LogP contribution in [0.2, 0.25) is 0 Å². The number of aromatic nitrogens is 2. The molecule has 0 saturated heterocycles. The molecule has 3 aromatic rings. The molecule has 2 aromatic carbocycles. The first-order valence-electron chi connectivity index (χ1n) is 7.67. The van der Waals surface area contributed by atoms with Gasteiger partial charge in [0.25, 0.3) is 0 Å². The summed E-state index contributed by atoms with van der Waals surface area (Å²) >= 11 is 3.24. The van der Waals surface area contributed by atoms with Crippen LogP contribution in [-0.2, 0) is 0 Å². The first kappa shape index (κ1) is 17.3. The number of aliphatic hydroxyl groups is 1. The van der Waals surface area contributed by atoms with Gasteiger partial charge in [0.2, 0.25) is 5.95 Å². The molecule has 0 spiro atoms. The molecule has 1 heterocycles. The van der Waals surface area contributed by atoms with Gasteiger partial charge in [0.1, 0.15) is 11.6 Å². The predicted molar refractivity (Wildman–Crippen MR) is 100 cm³/mol. The summed E-state index contributed by atoms with van der Waals surface area (Å²) in [5.41, 5.74) is 1.92. The van der Waals surface area contributed by atoms with Gasteiger partial charge in [-0.15, -0.1) is 0 Å². The largest absolute Gasteiger partial charge is 0.395 e. The van der Waals surface area contributed by atoms with E-state index in [0.717, 1.165) is 5.56 Å². The van der Waals surface area contributed by atoms with Gasteiger partial charge < -0.3 is 15.7 Å². The van der Waals surface area contributed by atoms with Gasteiger partial charge in [0, 0.05) is 22.6 Å². The monoisotopic (exact) mass is 402 g/mol. The van der Waals surface area contributed by atoms with E-state index in [1.54, 1.807) is 18.2 Å². The molecule has 7 heteroatoms. The van der Waals surface area contributed by atoms with Crippen LogP contribution in [0.4, 0.5) is 21.8 Å². The van der Waals surface area contributed by atoms with Gasteiger partial charge in [0.15, 0.2) is 0 Å². The Morgan fingerprint density at radius 2 is 1.84 bits per heavy atom. The fourth-order valence-electron chi connectivity index (χ4n) is 2.24. The Morgan fingerprint density at radius 1 is 1.04 bits per heavy atom. The molecule has 0 atom stereocenters. The van der Waals surface area contributed by atoms with Gasteiger partial charge >= 0.3 is 0 Å². The zero-order valence-electron chi connectivity index (χ0n) is 13.2. The maximum Gasteiger partial charge on any atom is 0.225 e. The Morgan fingerprint density at radius 3 is 2.56 bits per heavy atom. The van der Waals surface area contributed by atoms with Crippen LogP contribution < -0.4 is 10.6 Å². The molecule has 0 saturated carbocycles. The zero-order valence-corrected chi connectivity index (χ0v) is 14.8. The van der Waals surface area contributed by atoms with E-state index < -0.39 is 0 Å². The van der Waals surface area contributed by atoms with Crippen LogP contribution in [0.15, 0.2) is 59.1 Å². The summed E-state index contributed by atoms with van der Waals surface area (Å²) in [4.78, 5) is 8.78. The summed E-state index contributed by atoms with van der Waals surface area (Å²) in [7, 11) is 0. The smallest absolute Gasteiger partial charge is 0.225 e. The van der Waals surface area contributed by atoms with Crippen LogP contribution in [0, 0.1) is 5.82 Å². The quantitative estimate of drug-likeness (QED) is 0.576. The van der Waals surface area contributed by atoms with Crippen molar-refractivity contribution in [2.75, 3.05) is 23.8 Å². The van der Waals surface area contributed by atoms with E-state index in [1.165, 1.54) is 6.07 Å². The summed E-state index contributed by atoms with van der Waals surface area (Å²) in [6, 6.07) is 16.1. The first-order chi connectivity index (χ1) is 12.2. The molecule has 128 valence electrons. The lowest BCUT2D eigenvalue weighted by Crippen LogP contribution is -2.10. The van der Waals surface area contributed by atoms with Crippen molar-refractivity contribution >= 4 is 33.4 Å². The van der Waals surface area contributed by atoms with Crippen LogP contribution in [0.25, 0.3) is 11.3 Å². The summed E-state index contributed by atoms with van der Waals surface area (Å²) in [5.74, 6) is 0.421. The summed E-state index contributed by atoms with van der Waals surface area (Å²) < 4.78 is 14.7. The second kappa shape index (κ2) is 8.04. The van der Waals surface area contributed by atoms with E-state index in [2.05, 4.69) is 36.5 Å². The van der Waals surface area contributed by atoms with Crippen molar-refractivity contribution in [3.63, 3.8) is 0 Å². The Balaban J connectivity index is 1.96. The molecule has 5 nitrogen and oxygen atoms in total. The van der Waals surface area contributed by atoms with Crippen LogP contribution in [-0.4, -0.2) is 28.2 Å². The van der Waals surface area contributed by atoms with Crippen LogP contribution in [0.1, 0.15) is 0 Å². The van der Waals surface area contributed by atoms with E-state index in [-0.39, 0.29) is 12.4 Å². The third kappa shape index (κ3) is 4.52. The third-order valence-electron chi connectivity index (χ3n) is 3.38. The highest BCUT2D eigenvalue weighted by Gasteiger charge is 2.09. The minimum Gasteiger partial charge on any atom is -0.395 e. The molecule has 0 aliphatic rings. The summed E-state index contributed by atoms with van der Waals surface area (Å²) in [5, 5.41) is 14.9. The van der Waals surface area contributed by atoms with E-state index in [9.17, 15) is 4.39 Å². The second-order valence-electron chi connectivity index (χ2n) is 5.23. The number of benzene rings is 2. The first-order valence-corrected chi connectivity index (χ1v) is 8.46. The van der Waals surface area contributed by atoms with Gasteiger partial charge in [-0.1, -0.05) is 46.3 Å². The molecule has 3 rings (SSSR count). The van der Waals surface area contributed by atoms with Crippen LogP contribution >= 0.6 is 15.9 Å². The molecule has 0 radical (unpaired) electrons. The number of anilines is 3. The number of aliphatic hydroxyl groups excluding tert-OH is 1. The fourth-order valence-corrected chi connectivity index (χ4v) is 2.58. The molecular weight excluding hydrogens is 387 g/mol. The van der Waals surface area contributed by atoms with Crippen LogP contribution in [0.3, 0.4) is 0 Å². The van der Waals surface area contributed by atoms with Crippen molar-refractivity contribution < 1.29 is 9.50 Å². The van der Waals surface area contributed by atoms with Crippen molar-refractivity contribution in [3.8, 4) is 11.3 Å². The lowest BCUT2D eigenvalue weighted by molar-refractivity contribution is 0.311. The number of nitrogens with one attached hydrogen (secondary N) is 2. The lowest BCUT2D eigenvalue weighted by atomic mass is 10.1. The van der Waals surface area contributed by atoms with Gasteiger partial charge in [-0.25, -0.2) is 9.37 Å². The highest BCUT2D eigenvalue weighted by molar-refractivity contribution is 9.10. The van der Waals surface area contributed by atoms with Gasteiger partial charge in [0.05, 0.1) is 18.0 Å². The van der Waals surface area contributed by atoms with Crippen LogP contribution in [0.5, 0.6) is 0 Å². The standard InChI is InChI=1S/C18H16BrFN4O/c19-13-6-7-15(14(20)10-13)22-17-11-16(12-4-2-1-3-5-12)23-18(24-17)21-8-9-25/h1-7,10-11,25H,8-9H2,(H2,21,22,23,24). The van der Waals surface area contributed by atoms with Crippen molar-refractivity contribution in [3.05, 3.63) is 64.9 Å². The second-order valence-corrected chi connectivity index (χ2v) is 6.14. The molecule has 0 bridgehead atoms. The topological polar surface area (TPSA) is 70.1 Å². The van der Waals surface area contributed by atoms with E-state index in [0.29, 0.717) is 34.2 Å². The molecular formula is C18H16BrFN4O. The minimum absolute atomic E-state index is 0.0387. The third-order valence-corrected chi connectivity index (χ3v) is 3.88. The normalized spacial score (nSPS) is 10.5. The predicted octanol–water partition coefficient (Wildman–Crippen LogP) is 4.19. The molecule has 0 aliphatic heterocycles. The Hall–Kier alpha value is -2.51. The van der Waals surface area contributed by atoms with E-state index in [1.807, 2.05) is 30.3 Å². The number of halogens is 2. The maximum absolute atomic E-state index is 14.1. The average Bonchev–Trinajstić information content (AvgIpc) is 2.63. The van der Waals surface area contributed by atoms with Crippen molar-refractivity contribution in [1.82, 2.24) is 9.97 Å². The SMILES string of the molecule is OCCNc1nc(Nc2ccc(Br)cc2F)cc(-c2ccccc2)n1. The van der Waals surface area contributed by atoms with E-state index >= 15 is 0 Å². The average molecular weight is 403 g/mol. The fraction of sp³-hybridized carbons (Fsp3) is 0.111. The molecule has 0 amide bonds. The molecule has 0 aliphatic carbocycles. The van der Waals surface area contributed by atoms with Crippen molar-refractivity contribution in [1.29, 1.82) is 0 Å². The molecule has 0 fully saturated rings. The summed E-state index contributed by atoms with van der Waals surface area (Å²) in [6.45, 7) is 0.285. The Labute approximate surface area is 153 Å². The minimum atomic E-state index is -0.390. The maximum atomic E-state index is 14.1. The number of nitrogens with zero attached hydrogens (tertiary/aromatic N) is 2.